The molecular weight excluding hydrogens is 300 g/mol. The Balaban J connectivity index is 0.000000541. The summed E-state index contributed by atoms with van der Waals surface area (Å²) in [7, 11) is 0. The minimum atomic E-state index is -1.08. The summed E-state index contributed by atoms with van der Waals surface area (Å²) in [6.45, 7) is 0. The number of nitrogens with zero attached hydrogens (tertiary/aromatic N) is 2. The maximum Gasteiger partial charge on any atom is 0.320 e. The van der Waals surface area contributed by atoms with Gasteiger partial charge in [-0.15, -0.1) is 0 Å². The van der Waals surface area contributed by atoms with Gasteiger partial charge in [-0.3, -0.25) is 30.5 Å². The number of H-pyrrole nitrogens is 1. The zero-order valence-electron chi connectivity index (χ0n) is 11.1. The van der Waals surface area contributed by atoms with Gasteiger partial charge in [-0.1, -0.05) is 0 Å². The van der Waals surface area contributed by atoms with Gasteiger partial charge < -0.3 is 15.8 Å². The predicted molar refractivity (Wildman–Crippen MR) is 71.5 cm³/mol. The number of aromatic amines is 1. The average Bonchev–Trinajstić information content (AvgIpc) is 2.80. The fourth-order valence-corrected chi connectivity index (χ4v) is 1.78. The summed E-state index contributed by atoms with van der Waals surface area (Å²) in [5.74, 6) is -1.08. The van der Waals surface area contributed by atoms with Gasteiger partial charge >= 0.3 is 5.97 Å². The summed E-state index contributed by atoms with van der Waals surface area (Å²) < 4.78 is 0. The molecule has 0 unspecified atom stereocenters. The summed E-state index contributed by atoms with van der Waals surface area (Å²) in [6, 6.07) is 3.39. The van der Waals surface area contributed by atoms with Crippen molar-refractivity contribution in [3.8, 4) is 0 Å². The van der Waals surface area contributed by atoms with E-state index in [1.807, 2.05) is 0 Å². The number of carboxylic acids is 1. The first kappa shape index (κ1) is 17.5. The monoisotopic (exact) mass is 314 g/mol. The Morgan fingerprint density at radius 3 is 2.50 bits per heavy atom. The Morgan fingerprint density at radius 1 is 1.41 bits per heavy atom. The molecule has 0 amide bonds. The van der Waals surface area contributed by atoms with Crippen molar-refractivity contribution in [3.63, 3.8) is 0 Å². The van der Waals surface area contributed by atoms with Crippen LogP contribution in [0.3, 0.4) is 0 Å². The molecule has 2 aromatic rings. The van der Waals surface area contributed by atoms with Gasteiger partial charge in [-0.2, -0.15) is 0 Å². The van der Waals surface area contributed by atoms with E-state index >= 15 is 0 Å². The van der Waals surface area contributed by atoms with Crippen molar-refractivity contribution in [1.29, 1.82) is 0 Å². The van der Waals surface area contributed by atoms with E-state index in [2.05, 4.69) is 4.98 Å². The fraction of sp³-hybridized carbons (Fsp3) is 0.182. The standard InChI is InChI=1S/C11H11N3O4.H3NO3/c12-9(11(15)16)3-6-5-13-10-4-7(14(17)18)1-2-8(6)10;2-1(3)4/h1-2,4-5,9,13H,3,12H2,(H,15,16);2-4H/t9-;/m0./s1. The number of nitrogens with two attached hydrogens (primary N) is 1. The van der Waals surface area contributed by atoms with E-state index in [9.17, 15) is 14.9 Å². The van der Waals surface area contributed by atoms with E-state index < -0.39 is 22.3 Å². The van der Waals surface area contributed by atoms with Gasteiger partial charge in [0.2, 0.25) is 0 Å². The lowest BCUT2D eigenvalue weighted by Crippen LogP contribution is -2.32. The van der Waals surface area contributed by atoms with E-state index in [0.29, 0.717) is 5.52 Å². The highest BCUT2D eigenvalue weighted by Gasteiger charge is 2.16. The molecule has 1 heterocycles. The van der Waals surface area contributed by atoms with Gasteiger partial charge in [-0.25, -0.2) is 0 Å². The quantitative estimate of drug-likeness (QED) is 0.344. The number of fused-ring (bicyclic) bond motifs is 1. The van der Waals surface area contributed by atoms with E-state index in [4.69, 9.17) is 26.5 Å². The van der Waals surface area contributed by atoms with Gasteiger partial charge in [0.25, 0.3) is 5.69 Å². The van der Waals surface area contributed by atoms with E-state index in [0.717, 1.165) is 10.9 Å². The summed E-state index contributed by atoms with van der Waals surface area (Å²) in [5.41, 5.74) is 6.77. The van der Waals surface area contributed by atoms with E-state index in [-0.39, 0.29) is 12.1 Å². The number of nitrogens with one attached hydrogen (secondary N) is 1. The van der Waals surface area contributed by atoms with Crippen molar-refractivity contribution in [2.75, 3.05) is 0 Å². The Hall–Kier alpha value is -2.57. The second-order valence-corrected chi connectivity index (χ2v) is 4.22. The topological polar surface area (TPSA) is 186 Å². The molecule has 0 aliphatic heterocycles. The number of nitro groups is 1. The number of non-ortho nitro benzene ring substituents is 1. The van der Waals surface area contributed by atoms with Gasteiger partial charge in [0.1, 0.15) is 6.04 Å². The average molecular weight is 314 g/mol. The van der Waals surface area contributed by atoms with Crippen LogP contribution in [0.5, 0.6) is 0 Å². The maximum atomic E-state index is 10.7. The highest BCUT2D eigenvalue weighted by atomic mass is 17.0. The van der Waals surface area contributed by atoms with Gasteiger partial charge in [0.05, 0.1) is 15.8 Å². The molecule has 22 heavy (non-hydrogen) atoms. The molecule has 0 saturated heterocycles. The Bertz CT molecular complexity index is 667. The molecule has 0 fully saturated rings. The van der Waals surface area contributed by atoms with Crippen molar-refractivity contribution in [3.05, 3.63) is 40.1 Å². The SMILES string of the molecule is N[C@@H](Cc1c[nH]c2cc([N+](=O)[O-])ccc12)C(=O)O.ON(O)O. The number of aliphatic carboxylic acids is 1. The zero-order chi connectivity index (χ0) is 16.9. The number of carboxylic acid groups (broad SMARTS) is 1. The maximum absolute atomic E-state index is 10.7. The van der Waals surface area contributed by atoms with E-state index in [1.54, 1.807) is 12.3 Å². The van der Waals surface area contributed by atoms with Crippen LogP contribution in [0.2, 0.25) is 0 Å². The Kier molecular flexibility index (Phi) is 5.91. The lowest BCUT2D eigenvalue weighted by molar-refractivity contribution is -0.472. The molecule has 0 bridgehead atoms. The number of nitro benzene ring substituents is 1. The Labute approximate surface area is 122 Å². The van der Waals surface area contributed by atoms with Crippen LogP contribution >= 0.6 is 0 Å². The third-order valence-electron chi connectivity index (χ3n) is 2.72. The van der Waals surface area contributed by atoms with Crippen LogP contribution in [0.4, 0.5) is 5.69 Å². The molecule has 1 atom stereocenters. The van der Waals surface area contributed by atoms with Crippen molar-refractivity contribution in [2.24, 2.45) is 5.73 Å². The lowest BCUT2D eigenvalue weighted by atomic mass is 10.1. The second-order valence-electron chi connectivity index (χ2n) is 4.22. The molecule has 0 saturated carbocycles. The zero-order valence-corrected chi connectivity index (χ0v) is 11.1. The van der Waals surface area contributed by atoms with E-state index in [1.165, 1.54) is 12.1 Å². The minimum Gasteiger partial charge on any atom is -0.480 e. The summed E-state index contributed by atoms with van der Waals surface area (Å²) in [6.07, 6.45) is 1.80. The third-order valence-corrected chi connectivity index (χ3v) is 2.72. The van der Waals surface area contributed by atoms with Crippen molar-refractivity contribution >= 4 is 22.6 Å². The number of rotatable bonds is 4. The molecule has 120 valence electrons. The van der Waals surface area contributed by atoms with Crippen LogP contribution in [-0.2, 0) is 11.2 Å². The van der Waals surface area contributed by atoms with Crippen LogP contribution < -0.4 is 5.73 Å². The first-order valence-electron chi connectivity index (χ1n) is 5.82. The minimum absolute atomic E-state index is 0.0153. The van der Waals surface area contributed by atoms with Crippen LogP contribution in [0.25, 0.3) is 10.9 Å². The summed E-state index contributed by atoms with van der Waals surface area (Å²) in [5, 5.41) is 40.1. The highest BCUT2D eigenvalue weighted by molar-refractivity contribution is 5.86. The van der Waals surface area contributed by atoms with Gasteiger partial charge in [0, 0.05) is 30.1 Å². The number of hydrogen-bond donors (Lipinski definition) is 6. The van der Waals surface area contributed by atoms with Crippen molar-refractivity contribution < 1.29 is 30.4 Å². The molecule has 11 heteroatoms. The van der Waals surface area contributed by atoms with Crippen LogP contribution in [0.15, 0.2) is 24.4 Å². The number of aromatic nitrogens is 1. The van der Waals surface area contributed by atoms with Crippen molar-refractivity contribution in [1.82, 2.24) is 10.4 Å². The van der Waals surface area contributed by atoms with Crippen LogP contribution in [0.1, 0.15) is 5.56 Å². The molecule has 0 aliphatic rings. The summed E-state index contributed by atoms with van der Waals surface area (Å²) in [4.78, 5) is 23.7. The van der Waals surface area contributed by atoms with Crippen LogP contribution in [-0.4, -0.2) is 48.0 Å². The number of hydrogen-bond acceptors (Lipinski definition) is 8. The largest absolute Gasteiger partial charge is 0.480 e. The molecule has 0 aliphatic carbocycles. The third kappa shape index (κ3) is 4.76. The smallest absolute Gasteiger partial charge is 0.320 e. The van der Waals surface area contributed by atoms with Crippen LogP contribution in [0, 0.1) is 10.1 Å². The molecule has 11 nitrogen and oxygen atoms in total. The van der Waals surface area contributed by atoms with Gasteiger partial charge in [0.15, 0.2) is 0 Å². The number of benzene rings is 1. The molecule has 1 aromatic heterocycles. The predicted octanol–water partition coefficient (Wildman–Crippen LogP) is 0.486. The summed E-state index contributed by atoms with van der Waals surface area (Å²) >= 11 is 0. The molecule has 0 radical (unpaired) electrons. The Morgan fingerprint density at radius 2 is 2.00 bits per heavy atom. The number of carbonyl (C=O) groups is 1. The second kappa shape index (κ2) is 7.44. The molecule has 1 aromatic carbocycles. The fourth-order valence-electron chi connectivity index (χ4n) is 1.78. The van der Waals surface area contributed by atoms with Crippen molar-refractivity contribution in [2.45, 2.75) is 12.5 Å². The molecule has 7 N–H and O–H groups in total. The first-order chi connectivity index (χ1) is 10.2. The molecular formula is C11H14N4O7. The lowest BCUT2D eigenvalue weighted by Gasteiger charge is -2.04. The molecule has 2 rings (SSSR count). The highest BCUT2D eigenvalue weighted by Crippen LogP contribution is 2.23. The van der Waals surface area contributed by atoms with Gasteiger partial charge in [-0.05, 0) is 11.6 Å². The molecule has 0 spiro atoms. The normalized spacial score (nSPS) is 11.9. The first-order valence-corrected chi connectivity index (χ1v) is 5.82.